The van der Waals surface area contributed by atoms with Gasteiger partial charge < -0.3 is 15.1 Å². The molecule has 24 heavy (non-hydrogen) atoms. The number of carbonyl (C=O) groups is 1. The minimum absolute atomic E-state index is 0.185. The molecule has 6 nitrogen and oxygen atoms in total. The van der Waals surface area contributed by atoms with Gasteiger partial charge in [0.2, 0.25) is 0 Å². The lowest BCUT2D eigenvalue weighted by molar-refractivity contribution is -0.112. The first-order valence-corrected chi connectivity index (χ1v) is 7.66. The van der Waals surface area contributed by atoms with Gasteiger partial charge in [-0.2, -0.15) is 5.10 Å². The van der Waals surface area contributed by atoms with Crippen molar-refractivity contribution >= 4 is 23.5 Å². The summed E-state index contributed by atoms with van der Waals surface area (Å²) in [6, 6.07) is 12.0. The van der Waals surface area contributed by atoms with E-state index < -0.39 is 0 Å². The fraction of sp³-hybridized carbons (Fsp3) is 0.167. The van der Waals surface area contributed by atoms with Crippen LogP contribution in [0.3, 0.4) is 0 Å². The Morgan fingerprint density at radius 1 is 1.12 bits per heavy atom. The van der Waals surface area contributed by atoms with Gasteiger partial charge in [-0.25, -0.2) is 0 Å². The lowest BCUT2D eigenvalue weighted by Gasteiger charge is -2.14. The van der Waals surface area contributed by atoms with Crippen LogP contribution in [0.1, 0.15) is 24.5 Å². The van der Waals surface area contributed by atoms with Gasteiger partial charge in [-0.1, -0.05) is 31.2 Å². The average molecular weight is 323 g/mol. The van der Waals surface area contributed by atoms with E-state index >= 15 is 0 Å². The second-order valence-electron chi connectivity index (χ2n) is 5.38. The van der Waals surface area contributed by atoms with Crippen LogP contribution in [0.25, 0.3) is 0 Å². The van der Waals surface area contributed by atoms with E-state index in [1.54, 1.807) is 17.0 Å². The molecule has 0 radical (unpaired) electrons. The number of para-hydroxylation sites is 2. The first-order chi connectivity index (χ1) is 11.6. The number of benzene rings is 2. The Balaban J connectivity index is 1.94. The molecule has 3 rings (SSSR count). The summed E-state index contributed by atoms with van der Waals surface area (Å²) < 4.78 is 0. The van der Waals surface area contributed by atoms with Crippen LogP contribution in [-0.2, 0) is 4.79 Å². The molecule has 0 spiro atoms. The highest BCUT2D eigenvalue weighted by atomic mass is 16.3. The fourth-order valence-corrected chi connectivity index (χ4v) is 2.61. The predicted octanol–water partition coefficient (Wildman–Crippen LogP) is 2.68. The molecular formula is C18H17N3O3. The highest BCUT2D eigenvalue weighted by Gasteiger charge is 2.33. The molecular weight excluding hydrogens is 306 g/mol. The van der Waals surface area contributed by atoms with E-state index in [0.717, 1.165) is 17.7 Å². The van der Waals surface area contributed by atoms with Crippen LogP contribution < -0.4 is 4.90 Å². The molecule has 1 aliphatic heterocycles. The quantitative estimate of drug-likeness (QED) is 0.515. The topological polar surface area (TPSA) is 85.5 Å². The maximum absolute atomic E-state index is 12.5. The van der Waals surface area contributed by atoms with Crippen LogP contribution in [0, 0.1) is 0 Å². The average Bonchev–Trinajstić information content (AvgIpc) is 2.85. The minimum Gasteiger partial charge on any atom is -0.504 e. The third-order valence-electron chi connectivity index (χ3n) is 3.75. The van der Waals surface area contributed by atoms with Crippen LogP contribution in [0.2, 0.25) is 0 Å². The number of aromatic hydroxyl groups is 2. The zero-order valence-corrected chi connectivity index (χ0v) is 13.2. The number of hydrogen-bond donors (Lipinski definition) is 2. The van der Waals surface area contributed by atoms with Crippen molar-refractivity contribution in [2.45, 2.75) is 13.3 Å². The van der Waals surface area contributed by atoms with Crippen LogP contribution in [-0.4, -0.2) is 34.6 Å². The molecule has 1 heterocycles. The van der Waals surface area contributed by atoms with Crippen LogP contribution >= 0.6 is 0 Å². The lowest BCUT2D eigenvalue weighted by Crippen LogP contribution is -2.30. The van der Waals surface area contributed by atoms with E-state index in [0.29, 0.717) is 12.1 Å². The number of hydrogen-bond acceptors (Lipinski definition) is 5. The van der Waals surface area contributed by atoms with E-state index in [4.69, 9.17) is 0 Å². The smallest absolute Gasteiger partial charge is 0.279 e. The molecule has 0 aromatic heterocycles. The van der Waals surface area contributed by atoms with Crippen molar-refractivity contribution in [2.24, 2.45) is 10.2 Å². The van der Waals surface area contributed by atoms with Crippen molar-refractivity contribution in [1.82, 2.24) is 0 Å². The van der Waals surface area contributed by atoms with E-state index in [-0.39, 0.29) is 23.1 Å². The lowest BCUT2D eigenvalue weighted by atomic mass is 10.1. The van der Waals surface area contributed by atoms with Gasteiger partial charge in [0.15, 0.2) is 17.2 Å². The van der Waals surface area contributed by atoms with Crippen molar-refractivity contribution in [1.29, 1.82) is 0 Å². The molecule has 0 aliphatic carbocycles. The van der Waals surface area contributed by atoms with Gasteiger partial charge in [-0.3, -0.25) is 4.79 Å². The Labute approximate surface area is 139 Å². The monoisotopic (exact) mass is 323 g/mol. The third-order valence-corrected chi connectivity index (χ3v) is 3.75. The number of phenolic OH excluding ortho intramolecular Hbond substituents is 2. The second kappa shape index (κ2) is 6.54. The molecule has 0 saturated carbocycles. The second-order valence-corrected chi connectivity index (χ2v) is 5.38. The van der Waals surface area contributed by atoms with Crippen LogP contribution in [0.4, 0.5) is 5.69 Å². The summed E-state index contributed by atoms with van der Waals surface area (Å²) in [6.07, 6.45) is 2.15. The summed E-state index contributed by atoms with van der Waals surface area (Å²) in [7, 11) is 0. The van der Waals surface area contributed by atoms with Gasteiger partial charge in [0, 0.05) is 17.7 Å². The van der Waals surface area contributed by atoms with E-state index in [9.17, 15) is 15.0 Å². The molecule has 0 unspecified atom stereocenters. The summed E-state index contributed by atoms with van der Waals surface area (Å²) in [6.45, 7) is 2.62. The molecule has 6 heteroatoms. The zero-order chi connectivity index (χ0) is 17.1. The molecule has 0 saturated heterocycles. The molecule has 0 bridgehead atoms. The van der Waals surface area contributed by atoms with Crippen molar-refractivity contribution < 1.29 is 15.0 Å². The first kappa shape index (κ1) is 15.7. The normalized spacial score (nSPS) is 15.5. The van der Waals surface area contributed by atoms with Gasteiger partial charge in [-0.15, -0.1) is 5.10 Å². The van der Waals surface area contributed by atoms with Gasteiger partial charge in [0.05, 0.1) is 11.9 Å². The Morgan fingerprint density at radius 3 is 2.71 bits per heavy atom. The summed E-state index contributed by atoms with van der Waals surface area (Å²) in [5, 5.41) is 27.2. The van der Waals surface area contributed by atoms with E-state index in [2.05, 4.69) is 10.2 Å². The van der Waals surface area contributed by atoms with Crippen LogP contribution in [0.15, 0.2) is 52.7 Å². The number of rotatable bonds is 4. The van der Waals surface area contributed by atoms with Gasteiger partial charge in [0.25, 0.3) is 5.91 Å². The molecule has 0 atom stereocenters. The van der Waals surface area contributed by atoms with Crippen molar-refractivity contribution in [3.05, 3.63) is 53.6 Å². The molecule has 1 aliphatic rings. The van der Waals surface area contributed by atoms with Crippen molar-refractivity contribution in [2.75, 3.05) is 11.4 Å². The standard InChI is InChI=1S/C18H17N3O3/c1-2-10-21-14-8-4-3-7-13(14)16(18(21)24)20-19-11-12-6-5-9-15(22)17(12)23/h3-9,11,22-23H,2,10H2,1H3/b19-11-,20-16-. The molecule has 122 valence electrons. The Bertz CT molecular complexity index is 843. The fourth-order valence-electron chi connectivity index (χ4n) is 2.61. The summed E-state index contributed by atoms with van der Waals surface area (Å²) in [5.41, 5.74) is 2.17. The van der Waals surface area contributed by atoms with Crippen LogP contribution in [0.5, 0.6) is 11.5 Å². The summed E-state index contributed by atoms with van der Waals surface area (Å²) in [5.74, 6) is -0.689. The van der Waals surface area contributed by atoms with Gasteiger partial charge in [0.1, 0.15) is 0 Å². The predicted molar refractivity (Wildman–Crippen MR) is 93.0 cm³/mol. The summed E-state index contributed by atoms with van der Waals surface area (Å²) in [4.78, 5) is 14.2. The largest absolute Gasteiger partial charge is 0.504 e. The first-order valence-electron chi connectivity index (χ1n) is 7.66. The number of carbonyl (C=O) groups excluding carboxylic acids is 1. The molecule has 2 aromatic rings. The number of nitrogens with zero attached hydrogens (tertiary/aromatic N) is 3. The van der Waals surface area contributed by atoms with Crippen molar-refractivity contribution in [3.63, 3.8) is 0 Å². The highest BCUT2D eigenvalue weighted by Crippen LogP contribution is 2.29. The molecule has 2 N–H and O–H groups in total. The minimum atomic E-state index is -0.271. The zero-order valence-electron chi connectivity index (χ0n) is 13.2. The Hall–Kier alpha value is -3.15. The third kappa shape index (κ3) is 2.74. The van der Waals surface area contributed by atoms with Crippen molar-refractivity contribution in [3.8, 4) is 11.5 Å². The number of amides is 1. The molecule has 0 fully saturated rings. The van der Waals surface area contributed by atoms with E-state index in [1.165, 1.54) is 12.3 Å². The maximum atomic E-state index is 12.5. The Morgan fingerprint density at radius 2 is 1.92 bits per heavy atom. The van der Waals surface area contributed by atoms with Gasteiger partial charge >= 0.3 is 0 Å². The molecule has 1 amide bonds. The highest BCUT2D eigenvalue weighted by molar-refractivity contribution is 6.54. The number of fused-ring (bicyclic) bond motifs is 1. The Kier molecular flexibility index (Phi) is 4.29. The molecule has 2 aromatic carbocycles. The summed E-state index contributed by atoms with van der Waals surface area (Å²) >= 11 is 0. The number of anilines is 1. The number of phenols is 2. The maximum Gasteiger partial charge on any atom is 0.279 e. The van der Waals surface area contributed by atoms with E-state index in [1.807, 2.05) is 31.2 Å². The van der Waals surface area contributed by atoms with Gasteiger partial charge in [-0.05, 0) is 24.6 Å². The SMILES string of the molecule is CCCN1C(=O)/C(=N\N=C/c2cccc(O)c2O)c2ccccc21.